The van der Waals surface area contributed by atoms with Crippen LogP contribution in [0, 0.1) is 5.82 Å². The van der Waals surface area contributed by atoms with Crippen LogP contribution in [-0.2, 0) is 0 Å². The molecule has 2 rings (SSSR count). The van der Waals surface area contributed by atoms with Gasteiger partial charge in [-0.25, -0.2) is 13.6 Å². The Hall–Kier alpha value is -1.90. The second-order valence-electron chi connectivity index (χ2n) is 4.75. The Morgan fingerprint density at radius 3 is 2.68 bits per heavy atom. The van der Waals surface area contributed by atoms with Crippen molar-refractivity contribution in [3.05, 3.63) is 28.0 Å². The fraction of sp³-hybridized carbons (Fsp3) is 0.385. The van der Waals surface area contributed by atoms with Crippen molar-refractivity contribution in [2.75, 3.05) is 20.2 Å². The zero-order chi connectivity index (χ0) is 16.4. The summed E-state index contributed by atoms with van der Waals surface area (Å²) in [4.78, 5) is 23.9. The highest BCUT2D eigenvalue weighted by atomic mass is 79.9. The molecule has 9 heteroatoms. The number of alkyl halides is 1. The van der Waals surface area contributed by atoms with Crippen molar-refractivity contribution in [3.63, 3.8) is 0 Å². The van der Waals surface area contributed by atoms with E-state index in [1.54, 1.807) is 0 Å². The van der Waals surface area contributed by atoms with Gasteiger partial charge in [-0.05, 0) is 22.0 Å². The number of carbonyl (C=O) groups excluding carboxylic acids is 1. The van der Waals surface area contributed by atoms with Crippen molar-refractivity contribution >= 4 is 27.9 Å². The van der Waals surface area contributed by atoms with Crippen LogP contribution in [0.15, 0.2) is 16.6 Å². The Bertz CT molecular complexity index is 614. The predicted octanol–water partition coefficient (Wildman–Crippen LogP) is 2.03. The van der Waals surface area contributed by atoms with Gasteiger partial charge in [-0.1, -0.05) is 0 Å². The molecule has 1 aromatic rings. The lowest BCUT2D eigenvalue weighted by Gasteiger charge is -2.16. The van der Waals surface area contributed by atoms with E-state index in [0.29, 0.717) is 0 Å². The van der Waals surface area contributed by atoms with E-state index in [1.165, 1.54) is 13.2 Å². The second-order valence-corrected chi connectivity index (χ2v) is 5.60. The Kier molecular flexibility index (Phi) is 4.84. The smallest absolute Gasteiger partial charge is 0.407 e. The minimum Gasteiger partial charge on any atom is -0.496 e. The first-order valence-electron chi connectivity index (χ1n) is 6.29. The number of halogens is 3. The van der Waals surface area contributed by atoms with E-state index in [4.69, 9.17) is 9.84 Å². The average Bonchev–Trinajstić information content (AvgIpc) is 2.82. The summed E-state index contributed by atoms with van der Waals surface area (Å²) in [5.74, 6) is -1.27. The summed E-state index contributed by atoms with van der Waals surface area (Å²) in [7, 11) is 1.28. The first-order valence-corrected chi connectivity index (χ1v) is 7.08. The minimum absolute atomic E-state index is 0.00157. The summed E-state index contributed by atoms with van der Waals surface area (Å²) < 4.78 is 32.2. The number of nitrogens with zero attached hydrogens (tertiary/aromatic N) is 1. The molecule has 6 nitrogen and oxygen atoms in total. The molecule has 1 aliphatic rings. The Morgan fingerprint density at radius 1 is 1.45 bits per heavy atom. The first-order chi connectivity index (χ1) is 10.3. The molecule has 0 aromatic heterocycles. The normalized spacial score (nSPS) is 20.8. The van der Waals surface area contributed by atoms with Gasteiger partial charge in [0.2, 0.25) is 0 Å². The second kappa shape index (κ2) is 6.47. The molecule has 1 aromatic carbocycles. The van der Waals surface area contributed by atoms with Gasteiger partial charge in [-0.2, -0.15) is 0 Å². The number of hydrogen-bond donors (Lipinski definition) is 2. The molecule has 22 heavy (non-hydrogen) atoms. The zero-order valence-corrected chi connectivity index (χ0v) is 13.1. The van der Waals surface area contributed by atoms with Gasteiger partial charge in [0.25, 0.3) is 5.91 Å². The van der Waals surface area contributed by atoms with Crippen LogP contribution in [0.5, 0.6) is 5.75 Å². The van der Waals surface area contributed by atoms with Crippen LogP contribution in [0.1, 0.15) is 10.4 Å². The summed E-state index contributed by atoms with van der Waals surface area (Å²) in [6.07, 6.45) is -2.75. The van der Waals surface area contributed by atoms with E-state index < -0.39 is 30.0 Å². The lowest BCUT2D eigenvalue weighted by atomic mass is 10.1. The number of rotatable bonds is 3. The Morgan fingerprint density at radius 2 is 2.14 bits per heavy atom. The molecule has 1 saturated heterocycles. The van der Waals surface area contributed by atoms with Crippen LogP contribution in [0.25, 0.3) is 0 Å². The molecule has 0 aliphatic carbocycles. The van der Waals surface area contributed by atoms with E-state index in [1.807, 2.05) is 0 Å². The topological polar surface area (TPSA) is 78.9 Å². The van der Waals surface area contributed by atoms with E-state index in [-0.39, 0.29) is 28.9 Å². The van der Waals surface area contributed by atoms with E-state index in [2.05, 4.69) is 21.2 Å². The molecule has 1 fully saturated rings. The number of nitrogens with one attached hydrogen (secondary N) is 1. The number of hydrogen-bond acceptors (Lipinski definition) is 3. The highest BCUT2D eigenvalue weighted by Gasteiger charge is 2.36. The van der Waals surface area contributed by atoms with Crippen LogP contribution in [0.4, 0.5) is 13.6 Å². The maximum atomic E-state index is 13.8. The largest absolute Gasteiger partial charge is 0.496 e. The summed E-state index contributed by atoms with van der Waals surface area (Å²) in [6.45, 7) is -0.447. The number of carbonyl (C=O) groups is 2. The summed E-state index contributed by atoms with van der Waals surface area (Å²) in [5, 5.41) is 11.2. The molecule has 0 spiro atoms. The van der Waals surface area contributed by atoms with Crippen LogP contribution >= 0.6 is 15.9 Å². The molecule has 2 atom stereocenters. The first kappa shape index (κ1) is 16.5. The summed E-state index contributed by atoms with van der Waals surface area (Å²) >= 11 is 2.96. The number of carboxylic acid groups (broad SMARTS) is 1. The van der Waals surface area contributed by atoms with Gasteiger partial charge in [0, 0.05) is 12.6 Å². The van der Waals surface area contributed by atoms with Gasteiger partial charge in [0.05, 0.1) is 29.7 Å². The average molecular weight is 379 g/mol. The van der Waals surface area contributed by atoms with Crippen molar-refractivity contribution in [2.45, 2.75) is 12.2 Å². The maximum absolute atomic E-state index is 13.8. The molecule has 1 heterocycles. The van der Waals surface area contributed by atoms with Crippen molar-refractivity contribution < 1.29 is 28.2 Å². The third-order valence-corrected chi connectivity index (χ3v) is 3.93. The molecular formula is C13H13BrF2N2O4. The quantitative estimate of drug-likeness (QED) is 0.843. The van der Waals surface area contributed by atoms with Gasteiger partial charge in [-0.3, -0.25) is 4.79 Å². The third kappa shape index (κ3) is 3.29. The Balaban J connectivity index is 2.16. The van der Waals surface area contributed by atoms with Crippen LogP contribution < -0.4 is 10.1 Å². The van der Waals surface area contributed by atoms with Gasteiger partial charge in [0.1, 0.15) is 17.7 Å². The van der Waals surface area contributed by atoms with Crippen LogP contribution in [0.3, 0.4) is 0 Å². The summed E-state index contributed by atoms with van der Waals surface area (Å²) in [6, 6.07) is 1.29. The monoisotopic (exact) mass is 378 g/mol. The molecular weight excluding hydrogens is 366 g/mol. The van der Waals surface area contributed by atoms with Crippen molar-refractivity contribution in [3.8, 4) is 5.75 Å². The van der Waals surface area contributed by atoms with E-state index in [9.17, 15) is 18.4 Å². The number of likely N-dealkylation sites (tertiary alicyclic amines) is 1. The lowest BCUT2D eigenvalue weighted by molar-refractivity contribution is 0.0919. The molecule has 1 aliphatic heterocycles. The standard InChI is InChI=1S/C13H13BrF2N2O4/c1-22-11-3-8(15)7(14)2-6(11)12(19)17-10-5-18(13(20)21)4-9(10)16/h2-3,9-10H,4-5H2,1H3,(H,17,19)(H,20,21)/t9-,10+/m0/s1. The van der Waals surface area contributed by atoms with Crippen LogP contribution in [0.2, 0.25) is 0 Å². The highest BCUT2D eigenvalue weighted by Crippen LogP contribution is 2.26. The maximum Gasteiger partial charge on any atom is 0.407 e. The molecule has 120 valence electrons. The fourth-order valence-corrected chi connectivity index (χ4v) is 2.52. The SMILES string of the molecule is COc1cc(F)c(Br)cc1C(=O)N[C@@H]1CN(C(=O)O)C[C@@H]1F. The van der Waals surface area contributed by atoms with Crippen molar-refractivity contribution in [1.82, 2.24) is 10.2 Å². The third-order valence-electron chi connectivity index (χ3n) is 3.32. The fourth-order valence-electron chi connectivity index (χ4n) is 2.18. The number of methoxy groups -OCH3 is 1. The summed E-state index contributed by atoms with van der Waals surface area (Å²) in [5.41, 5.74) is 0.0248. The van der Waals surface area contributed by atoms with Crippen LogP contribution in [-0.4, -0.2) is 54.4 Å². The Labute approximate surface area is 133 Å². The van der Waals surface area contributed by atoms with Gasteiger partial charge in [0.15, 0.2) is 0 Å². The molecule has 0 radical (unpaired) electrons. The zero-order valence-electron chi connectivity index (χ0n) is 11.5. The van der Waals surface area contributed by atoms with Crippen molar-refractivity contribution in [2.24, 2.45) is 0 Å². The lowest BCUT2D eigenvalue weighted by Crippen LogP contribution is -2.41. The van der Waals surface area contributed by atoms with Gasteiger partial charge < -0.3 is 20.1 Å². The number of benzene rings is 1. The highest BCUT2D eigenvalue weighted by molar-refractivity contribution is 9.10. The van der Waals surface area contributed by atoms with E-state index in [0.717, 1.165) is 11.0 Å². The molecule has 0 saturated carbocycles. The van der Waals surface area contributed by atoms with Crippen molar-refractivity contribution in [1.29, 1.82) is 0 Å². The molecule has 2 N–H and O–H groups in total. The van der Waals surface area contributed by atoms with Gasteiger partial charge >= 0.3 is 6.09 Å². The molecule has 0 unspecified atom stereocenters. The predicted molar refractivity (Wildman–Crippen MR) is 76.4 cm³/mol. The van der Waals surface area contributed by atoms with E-state index >= 15 is 0 Å². The molecule has 0 bridgehead atoms. The molecule has 2 amide bonds. The minimum atomic E-state index is -1.50. The van der Waals surface area contributed by atoms with Gasteiger partial charge in [-0.15, -0.1) is 0 Å². The number of amides is 2. The number of ether oxygens (including phenoxy) is 1.